The summed E-state index contributed by atoms with van der Waals surface area (Å²) in [6, 6.07) is -1.55. The van der Waals surface area contributed by atoms with E-state index in [9.17, 15) is 14.4 Å². The first-order chi connectivity index (χ1) is 11.2. The lowest BCUT2D eigenvalue weighted by atomic mass is 10.1. The van der Waals surface area contributed by atoms with Crippen molar-refractivity contribution in [1.82, 2.24) is 20.2 Å². The molecule has 9 heteroatoms. The van der Waals surface area contributed by atoms with Crippen molar-refractivity contribution in [3.05, 3.63) is 18.7 Å². The summed E-state index contributed by atoms with van der Waals surface area (Å²) in [6.45, 7) is 5.68. The molecule has 0 spiro atoms. The van der Waals surface area contributed by atoms with Gasteiger partial charge in [-0.1, -0.05) is 0 Å². The molecule has 2 amide bonds. The molecule has 0 saturated heterocycles. The van der Waals surface area contributed by atoms with Crippen molar-refractivity contribution in [2.45, 2.75) is 51.7 Å². The topological polar surface area (TPSA) is 123 Å². The highest BCUT2D eigenvalue weighted by molar-refractivity contribution is 5.83. The average Bonchev–Trinajstić information content (AvgIpc) is 2.97. The molecule has 0 aromatic carbocycles. The molecule has 0 aliphatic rings. The number of rotatable bonds is 7. The summed E-state index contributed by atoms with van der Waals surface area (Å²) in [5, 5.41) is 14.2. The molecule has 0 aliphatic carbocycles. The van der Waals surface area contributed by atoms with Gasteiger partial charge in [0.25, 0.3) is 0 Å². The zero-order chi connectivity index (χ0) is 18.2. The van der Waals surface area contributed by atoms with E-state index >= 15 is 0 Å². The molecule has 1 heterocycles. The van der Waals surface area contributed by atoms with Crippen LogP contribution in [0, 0.1) is 0 Å². The van der Waals surface area contributed by atoms with Crippen LogP contribution in [0.3, 0.4) is 0 Å². The molecular weight excluding hydrogens is 316 g/mol. The van der Waals surface area contributed by atoms with Gasteiger partial charge in [-0.3, -0.25) is 4.57 Å². The van der Waals surface area contributed by atoms with E-state index in [1.165, 1.54) is 23.3 Å². The van der Waals surface area contributed by atoms with Crippen molar-refractivity contribution < 1.29 is 24.2 Å². The zero-order valence-electron chi connectivity index (χ0n) is 14.1. The lowest BCUT2D eigenvalue weighted by Gasteiger charge is -2.19. The third-order valence-electron chi connectivity index (χ3n) is 2.92. The van der Waals surface area contributed by atoms with Crippen molar-refractivity contribution in [3.63, 3.8) is 0 Å². The van der Waals surface area contributed by atoms with E-state index in [0.717, 1.165) is 0 Å². The number of nitrogens with zero attached hydrogens (tertiary/aromatic N) is 2. The summed E-state index contributed by atoms with van der Waals surface area (Å²) in [7, 11) is 0. The molecule has 0 bridgehead atoms. The highest BCUT2D eigenvalue weighted by Gasteiger charge is 2.20. The van der Waals surface area contributed by atoms with Crippen LogP contribution in [0.5, 0.6) is 0 Å². The number of nitrogens with one attached hydrogen (secondary N) is 2. The van der Waals surface area contributed by atoms with Crippen LogP contribution >= 0.6 is 0 Å². The predicted octanol–water partition coefficient (Wildman–Crippen LogP) is 1.59. The van der Waals surface area contributed by atoms with Gasteiger partial charge in [0.15, 0.2) is 0 Å². The Bertz CT molecular complexity index is 551. The lowest BCUT2D eigenvalue weighted by Crippen LogP contribution is -2.42. The van der Waals surface area contributed by atoms with Crippen LogP contribution in [0.1, 0.15) is 40.0 Å². The van der Waals surface area contributed by atoms with E-state index in [1.807, 2.05) is 0 Å². The van der Waals surface area contributed by atoms with Crippen molar-refractivity contribution in [3.8, 4) is 0 Å². The fourth-order valence-corrected chi connectivity index (χ4v) is 1.84. The second-order valence-electron chi connectivity index (χ2n) is 6.23. The Morgan fingerprint density at radius 3 is 2.54 bits per heavy atom. The monoisotopic (exact) mass is 340 g/mol. The Morgan fingerprint density at radius 2 is 2.00 bits per heavy atom. The molecule has 1 atom stereocenters. The van der Waals surface area contributed by atoms with Gasteiger partial charge in [-0.15, -0.1) is 0 Å². The first-order valence-electron chi connectivity index (χ1n) is 7.67. The van der Waals surface area contributed by atoms with Crippen LogP contribution in [0.25, 0.3) is 0 Å². The first-order valence-corrected chi connectivity index (χ1v) is 7.67. The number of carbonyl (C=O) groups is 3. The number of ether oxygens (including phenoxy) is 1. The SMILES string of the molecule is CC(C)(C)OC(=O)NCCCC[C@H](NC(=O)n1ccnc1)C(=O)O. The molecule has 3 N–H and O–H groups in total. The van der Waals surface area contributed by atoms with Gasteiger partial charge in [-0.2, -0.15) is 0 Å². The van der Waals surface area contributed by atoms with Crippen molar-refractivity contribution >= 4 is 18.1 Å². The second kappa shape index (κ2) is 8.90. The van der Waals surface area contributed by atoms with Crippen LogP contribution in [0.15, 0.2) is 18.7 Å². The Labute approximate surface area is 140 Å². The van der Waals surface area contributed by atoms with E-state index in [0.29, 0.717) is 19.4 Å². The number of carboxylic acid groups (broad SMARTS) is 1. The number of carboxylic acids is 1. The molecule has 1 aromatic heterocycles. The van der Waals surface area contributed by atoms with Crippen LogP contribution in [0.4, 0.5) is 9.59 Å². The fraction of sp³-hybridized carbons (Fsp3) is 0.600. The minimum atomic E-state index is -1.11. The van der Waals surface area contributed by atoms with Gasteiger partial charge in [-0.25, -0.2) is 19.4 Å². The molecule has 134 valence electrons. The number of hydrogen-bond donors (Lipinski definition) is 3. The Balaban J connectivity index is 2.28. The highest BCUT2D eigenvalue weighted by Crippen LogP contribution is 2.07. The first kappa shape index (κ1) is 19.5. The van der Waals surface area contributed by atoms with Crippen molar-refractivity contribution in [1.29, 1.82) is 0 Å². The largest absolute Gasteiger partial charge is 0.480 e. The number of carbonyl (C=O) groups excluding carboxylic acids is 2. The molecule has 0 unspecified atom stereocenters. The van der Waals surface area contributed by atoms with Crippen LogP contribution in [-0.4, -0.2) is 50.9 Å². The minimum Gasteiger partial charge on any atom is -0.480 e. The number of alkyl carbamates (subject to hydrolysis) is 1. The molecule has 24 heavy (non-hydrogen) atoms. The number of aliphatic carboxylic acids is 1. The second-order valence-corrected chi connectivity index (χ2v) is 6.23. The highest BCUT2D eigenvalue weighted by atomic mass is 16.6. The maximum Gasteiger partial charge on any atom is 0.407 e. The van der Waals surface area contributed by atoms with Gasteiger partial charge >= 0.3 is 18.1 Å². The Kier molecular flexibility index (Phi) is 7.22. The predicted molar refractivity (Wildman–Crippen MR) is 85.7 cm³/mol. The van der Waals surface area contributed by atoms with Gasteiger partial charge < -0.3 is 20.5 Å². The third-order valence-corrected chi connectivity index (χ3v) is 2.92. The van der Waals surface area contributed by atoms with Crippen LogP contribution in [-0.2, 0) is 9.53 Å². The molecule has 0 fully saturated rings. The zero-order valence-corrected chi connectivity index (χ0v) is 14.1. The van der Waals surface area contributed by atoms with Gasteiger partial charge in [-0.05, 0) is 40.0 Å². The molecular formula is C15H24N4O5. The van der Waals surface area contributed by atoms with Crippen LogP contribution < -0.4 is 10.6 Å². The maximum atomic E-state index is 11.8. The van der Waals surface area contributed by atoms with E-state index < -0.39 is 29.7 Å². The van der Waals surface area contributed by atoms with Gasteiger partial charge in [0, 0.05) is 18.9 Å². The number of aromatic nitrogens is 2. The number of imidazole rings is 1. The maximum absolute atomic E-state index is 11.8. The summed E-state index contributed by atoms with van der Waals surface area (Å²) in [5.74, 6) is -1.11. The summed E-state index contributed by atoms with van der Waals surface area (Å²) in [5.41, 5.74) is -0.559. The smallest absolute Gasteiger partial charge is 0.407 e. The summed E-state index contributed by atoms with van der Waals surface area (Å²) >= 11 is 0. The standard InChI is InChI=1S/C15H24N4O5/c1-15(2,3)24-14(23)17-7-5-4-6-11(12(20)21)18-13(22)19-9-8-16-10-19/h8-11H,4-7H2,1-3H3,(H,17,23)(H,18,22)(H,20,21)/t11-/m0/s1. The minimum absolute atomic E-state index is 0.256. The van der Waals surface area contributed by atoms with Crippen molar-refractivity contribution in [2.24, 2.45) is 0 Å². The Hall–Kier alpha value is -2.58. The quantitative estimate of drug-likeness (QED) is 0.648. The summed E-state index contributed by atoms with van der Waals surface area (Å²) < 4.78 is 6.25. The lowest BCUT2D eigenvalue weighted by molar-refractivity contribution is -0.139. The molecule has 1 aromatic rings. The summed E-state index contributed by atoms with van der Waals surface area (Å²) in [6.07, 6.45) is 4.99. The normalized spacial score (nSPS) is 12.3. The van der Waals surface area contributed by atoms with Crippen molar-refractivity contribution in [2.75, 3.05) is 6.54 Å². The average molecular weight is 340 g/mol. The van der Waals surface area contributed by atoms with E-state index in [-0.39, 0.29) is 6.42 Å². The van der Waals surface area contributed by atoms with E-state index in [1.54, 1.807) is 20.8 Å². The number of hydrogen-bond acceptors (Lipinski definition) is 5. The van der Waals surface area contributed by atoms with Gasteiger partial charge in [0.2, 0.25) is 0 Å². The van der Waals surface area contributed by atoms with Crippen LogP contribution in [0.2, 0.25) is 0 Å². The fourth-order valence-electron chi connectivity index (χ4n) is 1.84. The number of unbranched alkanes of at least 4 members (excludes halogenated alkanes) is 1. The third kappa shape index (κ3) is 7.61. The molecule has 0 aliphatic heterocycles. The van der Waals surface area contributed by atoms with E-state index in [2.05, 4.69) is 15.6 Å². The molecule has 9 nitrogen and oxygen atoms in total. The Morgan fingerprint density at radius 1 is 1.29 bits per heavy atom. The van der Waals surface area contributed by atoms with Gasteiger partial charge in [0.1, 0.15) is 18.0 Å². The number of amides is 2. The molecule has 1 rings (SSSR count). The summed E-state index contributed by atoms with van der Waals surface area (Å²) in [4.78, 5) is 38.2. The molecule has 0 saturated carbocycles. The van der Waals surface area contributed by atoms with Gasteiger partial charge in [0.05, 0.1) is 0 Å². The van der Waals surface area contributed by atoms with E-state index in [4.69, 9.17) is 9.84 Å². The molecule has 0 radical (unpaired) electrons.